The van der Waals surface area contributed by atoms with Crippen molar-refractivity contribution >= 4 is 21.4 Å². The third kappa shape index (κ3) is 5.03. The van der Waals surface area contributed by atoms with Crippen molar-refractivity contribution in [3.05, 3.63) is 53.6 Å². The number of pyridine rings is 1. The fraction of sp³-hybridized carbons (Fsp3) is 0.478. The predicted molar refractivity (Wildman–Crippen MR) is 120 cm³/mol. The summed E-state index contributed by atoms with van der Waals surface area (Å²) >= 11 is 0. The monoisotopic (exact) mass is 461 g/mol. The fourth-order valence-corrected chi connectivity index (χ4v) is 5.36. The highest BCUT2D eigenvalue weighted by Gasteiger charge is 2.45. The number of piperidine rings is 1. The molecule has 2 heterocycles. The minimum Gasteiger partial charge on any atom is -0.496 e. The second-order valence-corrected chi connectivity index (χ2v) is 11.1. The van der Waals surface area contributed by atoms with Crippen molar-refractivity contribution < 1.29 is 22.3 Å². The molecular weight excluding hydrogens is 433 g/mol. The summed E-state index contributed by atoms with van der Waals surface area (Å²) in [6, 6.07) is 7.89. The summed E-state index contributed by atoms with van der Waals surface area (Å²) in [6.07, 6.45) is 6.33. The molecule has 32 heavy (non-hydrogen) atoms. The van der Waals surface area contributed by atoms with Crippen LogP contribution in [0.2, 0.25) is 0 Å². The van der Waals surface area contributed by atoms with Crippen molar-refractivity contribution in [1.29, 1.82) is 0 Å². The van der Waals surface area contributed by atoms with Crippen LogP contribution in [-0.2, 0) is 16.3 Å². The molecule has 1 N–H and O–H groups in total. The van der Waals surface area contributed by atoms with E-state index in [1.165, 1.54) is 18.4 Å². The SMILES string of the molecule is COc1ccc(F)cc1CC1(NC(=O)c2cc(N3CCCC(S(C)(=O)=O)C3)ccn2)CC1. The van der Waals surface area contributed by atoms with E-state index in [2.05, 4.69) is 10.3 Å². The average Bonchev–Trinajstić information content (AvgIpc) is 3.52. The second kappa shape index (κ2) is 8.69. The summed E-state index contributed by atoms with van der Waals surface area (Å²) in [5, 5.41) is 2.67. The molecule has 1 saturated heterocycles. The molecule has 9 heteroatoms. The number of nitrogens with one attached hydrogen (secondary N) is 1. The van der Waals surface area contributed by atoms with Gasteiger partial charge in [-0.25, -0.2) is 12.8 Å². The Labute approximate surface area is 187 Å². The highest BCUT2D eigenvalue weighted by Crippen LogP contribution is 2.41. The molecule has 1 unspecified atom stereocenters. The van der Waals surface area contributed by atoms with E-state index in [9.17, 15) is 17.6 Å². The Morgan fingerprint density at radius 1 is 1.31 bits per heavy atom. The van der Waals surface area contributed by atoms with E-state index in [-0.39, 0.29) is 17.4 Å². The van der Waals surface area contributed by atoms with Crippen molar-refractivity contribution in [2.24, 2.45) is 0 Å². The fourth-order valence-electron chi connectivity index (χ4n) is 4.31. The highest BCUT2D eigenvalue weighted by atomic mass is 32.2. The van der Waals surface area contributed by atoms with Gasteiger partial charge in [-0.1, -0.05) is 0 Å². The quantitative estimate of drug-likeness (QED) is 0.682. The van der Waals surface area contributed by atoms with Crippen LogP contribution < -0.4 is 15.0 Å². The summed E-state index contributed by atoms with van der Waals surface area (Å²) in [4.78, 5) is 19.2. The number of nitrogens with zero attached hydrogens (tertiary/aromatic N) is 2. The maximum atomic E-state index is 13.7. The maximum absolute atomic E-state index is 13.7. The topological polar surface area (TPSA) is 88.6 Å². The van der Waals surface area contributed by atoms with Crippen LogP contribution in [0.5, 0.6) is 5.75 Å². The first-order valence-electron chi connectivity index (χ1n) is 10.7. The van der Waals surface area contributed by atoms with Crippen LogP contribution in [0, 0.1) is 5.82 Å². The lowest BCUT2D eigenvalue weighted by molar-refractivity contribution is 0.0926. The number of halogens is 1. The summed E-state index contributed by atoms with van der Waals surface area (Å²) in [5.41, 5.74) is 1.34. The van der Waals surface area contributed by atoms with Gasteiger partial charge in [0.25, 0.3) is 5.91 Å². The first-order chi connectivity index (χ1) is 15.2. The van der Waals surface area contributed by atoms with Crippen molar-refractivity contribution in [1.82, 2.24) is 10.3 Å². The molecule has 1 aromatic carbocycles. The highest BCUT2D eigenvalue weighted by molar-refractivity contribution is 7.91. The number of hydrogen-bond acceptors (Lipinski definition) is 6. The zero-order valence-corrected chi connectivity index (χ0v) is 19.1. The average molecular weight is 462 g/mol. The number of ether oxygens (including phenoxy) is 1. The van der Waals surface area contributed by atoms with Gasteiger partial charge in [0.2, 0.25) is 0 Å². The van der Waals surface area contributed by atoms with Crippen LogP contribution in [0.15, 0.2) is 36.5 Å². The first-order valence-corrected chi connectivity index (χ1v) is 12.7. The summed E-state index contributed by atoms with van der Waals surface area (Å²) in [7, 11) is -1.58. The molecule has 172 valence electrons. The molecule has 1 saturated carbocycles. The summed E-state index contributed by atoms with van der Waals surface area (Å²) in [6.45, 7) is 1.15. The minimum atomic E-state index is -3.12. The van der Waals surface area contributed by atoms with Gasteiger partial charge in [-0.2, -0.15) is 0 Å². The van der Waals surface area contributed by atoms with Crippen molar-refractivity contribution in [3.8, 4) is 5.75 Å². The van der Waals surface area contributed by atoms with Gasteiger partial charge in [-0.15, -0.1) is 0 Å². The molecule has 0 spiro atoms. The molecule has 1 aliphatic carbocycles. The van der Waals surface area contributed by atoms with E-state index in [0.29, 0.717) is 30.7 Å². The molecule has 2 fully saturated rings. The van der Waals surface area contributed by atoms with Gasteiger partial charge in [0, 0.05) is 36.8 Å². The molecule has 1 aromatic heterocycles. The number of methoxy groups -OCH3 is 1. The molecule has 2 aliphatic rings. The van der Waals surface area contributed by atoms with E-state index >= 15 is 0 Å². The lowest BCUT2D eigenvalue weighted by atomic mass is 10.0. The lowest BCUT2D eigenvalue weighted by Crippen LogP contribution is -2.42. The Hall–Kier alpha value is -2.68. The van der Waals surface area contributed by atoms with Crippen LogP contribution >= 0.6 is 0 Å². The van der Waals surface area contributed by atoms with Gasteiger partial charge in [-0.05, 0) is 68.0 Å². The molecular formula is C23H28FN3O4S. The summed E-state index contributed by atoms with van der Waals surface area (Å²) < 4.78 is 43.0. The van der Waals surface area contributed by atoms with E-state index in [0.717, 1.165) is 31.5 Å². The van der Waals surface area contributed by atoms with Crippen molar-refractivity contribution in [2.45, 2.75) is 42.9 Å². The number of sulfone groups is 1. The van der Waals surface area contributed by atoms with E-state index in [1.807, 2.05) is 4.90 Å². The first kappa shape index (κ1) is 22.5. The number of carbonyl (C=O) groups excluding carboxylic acids is 1. The predicted octanol–water partition coefficient (Wildman–Crippen LogP) is 2.75. The van der Waals surface area contributed by atoms with Crippen LogP contribution in [0.4, 0.5) is 10.1 Å². The largest absolute Gasteiger partial charge is 0.496 e. The molecule has 4 rings (SSSR count). The van der Waals surface area contributed by atoms with Crippen LogP contribution in [-0.4, -0.2) is 56.6 Å². The molecule has 7 nitrogen and oxygen atoms in total. The number of amides is 1. The molecule has 1 aliphatic heterocycles. The standard InChI is InChI=1S/C23H28FN3O4S/c1-31-21-6-5-17(24)12-16(21)14-23(8-9-23)26-22(28)20-13-18(7-10-25-20)27-11-3-4-19(15-27)32(2,29)30/h5-7,10,12-13,19H,3-4,8-9,11,14-15H2,1-2H3,(H,26,28). The molecule has 1 atom stereocenters. The molecule has 1 amide bonds. The lowest BCUT2D eigenvalue weighted by Gasteiger charge is -2.33. The number of aromatic nitrogens is 1. The van der Waals surface area contributed by atoms with Crippen LogP contribution in [0.25, 0.3) is 0 Å². The number of benzene rings is 1. The minimum absolute atomic E-state index is 0.279. The van der Waals surface area contributed by atoms with Gasteiger partial charge >= 0.3 is 0 Å². The number of rotatable bonds is 7. The van der Waals surface area contributed by atoms with E-state index < -0.39 is 20.6 Å². The number of anilines is 1. The molecule has 2 aromatic rings. The van der Waals surface area contributed by atoms with Gasteiger partial charge in [0.15, 0.2) is 9.84 Å². The van der Waals surface area contributed by atoms with Gasteiger partial charge in [0.05, 0.1) is 12.4 Å². The Morgan fingerprint density at radius 3 is 2.78 bits per heavy atom. The Balaban J connectivity index is 1.47. The number of carbonyl (C=O) groups is 1. The molecule has 0 bridgehead atoms. The zero-order chi connectivity index (χ0) is 22.9. The smallest absolute Gasteiger partial charge is 0.270 e. The van der Waals surface area contributed by atoms with Gasteiger partial charge in [0.1, 0.15) is 17.3 Å². The van der Waals surface area contributed by atoms with Gasteiger partial charge < -0.3 is 15.0 Å². The Morgan fingerprint density at radius 2 is 2.09 bits per heavy atom. The normalized spacial score (nSPS) is 20.0. The maximum Gasteiger partial charge on any atom is 0.270 e. The van der Waals surface area contributed by atoms with Crippen molar-refractivity contribution in [2.75, 3.05) is 31.4 Å². The van der Waals surface area contributed by atoms with Crippen molar-refractivity contribution in [3.63, 3.8) is 0 Å². The van der Waals surface area contributed by atoms with E-state index in [4.69, 9.17) is 4.74 Å². The number of hydrogen-bond donors (Lipinski definition) is 1. The van der Waals surface area contributed by atoms with E-state index in [1.54, 1.807) is 31.5 Å². The van der Waals surface area contributed by atoms with Crippen LogP contribution in [0.1, 0.15) is 41.7 Å². The Bertz CT molecular complexity index is 1120. The third-order valence-electron chi connectivity index (χ3n) is 6.33. The summed E-state index contributed by atoms with van der Waals surface area (Å²) in [5.74, 6) is -0.0415. The zero-order valence-electron chi connectivity index (χ0n) is 18.3. The third-order valence-corrected chi connectivity index (χ3v) is 7.92. The second-order valence-electron chi connectivity index (χ2n) is 8.81. The van der Waals surface area contributed by atoms with Gasteiger partial charge in [-0.3, -0.25) is 9.78 Å². The molecule has 0 radical (unpaired) electrons. The Kier molecular flexibility index (Phi) is 6.11. The van der Waals surface area contributed by atoms with Crippen LogP contribution in [0.3, 0.4) is 0 Å².